The van der Waals surface area contributed by atoms with E-state index in [0.29, 0.717) is 19.5 Å². The maximum absolute atomic E-state index is 11.4. The van der Waals surface area contributed by atoms with Crippen molar-refractivity contribution < 1.29 is 9.90 Å². The summed E-state index contributed by atoms with van der Waals surface area (Å²) in [5.74, 6) is 0. The van der Waals surface area contributed by atoms with Gasteiger partial charge in [-0.15, -0.1) is 0 Å². The third-order valence-corrected chi connectivity index (χ3v) is 2.26. The summed E-state index contributed by atoms with van der Waals surface area (Å²) in [6.07, 6.45) is 2.49. The molecule has 4 nitrogen and oxygen atoms in total. The minimum Gasteiger partial charge on any atom is -0.391 e. The summed E-state index contributed by atoms with van der Waals surface area (Å²) in [6.45, 7) is 3.99. The Balaban J connectivity index is 2.16. The molecule has 1 fully saturated rings. The van der Waals surface area contributed by atoms with Crippen molar-refractivity contribution >= 4 is 6.03 Å². The Morgan fingerprint density at radius 3 is 3.00 bits per heavy atom. The molecule has 4 heteroatoms. The lowest BCUT2D eigenvalue weighted by Crippen LogP contribution is -2.39. The number of unbranched alkanes of at least 4 members (excludes halogenated alkanes) is 1. The molecule has 0 aliphatic carbocycles. The highest BCUT2D eigenvalue weighted by Crippen LogP contribution is 2.08. The van der Waals surface area contributed by atoms with Crippen LogP contribution in [-0.2, 0) is 0 Å². The smallest absolute Gasteiger partial charge is 0.317 e. The second-order valence-corrected chi connectivity index (χ2v) is 3.47. The van der Waals surface area contributed by atoms with Crippen LogP contribution in [0.4, 0.5) is 4.79 Å². The number of carbonyl (C=O) groups is 1. The molecule has 0 aromatic carbocycles. The lowest BCUT2D eigenvalue weighted by Gasteiger charge is -2.15. The Morgan fingerprint density at radius 1 is 1.69 bits per heavy atom. The van der Waals surface area contributed by atoms with Gasteiger partial charge in [-0.2, -0.15) is 0 Å². The molecule has 1 aliphatic rings. The van der Waals surface area contributed by atoms with Crippen molar-refractivity contribution in [2.24, 2.45) is 0 Å². The lowest BCUT2D eigenvalue weighted by molar-refractivity contribution is 0.172. The second-order valence-electron chi connectivity index (χ2n) is 3.47. The molecule has 1 saturated heterocycles. The van der Waals surface area contributed by atoms with Crippen molar-refractivity contribution in [3.05, 3.63) is 0 Å². The molecule has 0 bridgehead atoms. The van der Waals surface area contributed by atoms with Gasteiger partial charge in [0.05, 0.1) is 6.10 Å². The maximum atomic E-state index is 11.4. The largest absolute Gasteiger partial charge is 0.391 e. The van der Waals surface area contributed by atoms with Gasteiger partial charge in [-0.25, -0.2) is 4.79 Å². The molecule has 0 unspecified atom stereocenters. The fraction of sp³-hybridized carbons (Fsp3) is 0.889. The van der Waals surface area contributed by atoms with Gasteiger partial charge >= 0.3 is 6.03 Å². The number of amides is 2. The van der Waals surface area contributed by atoms with Crippen LogP contribution in [0.1, 0.15) is 26.2 Å². The summed E-state index contributed by atoms with van der Waals surface area (Å²) in [4.78, 5) is 13.0. The molecule has 2 N–H and O–H groups in total. The first kappa shape index (κ1) is 10.3. The first-order chi connectivity index (χ1) is 6.24. The van der Waals surface area contributed by atoms with Crippen LogP contribution in [0, 0.1) is 0 Å². The van der Waals surface area contributed by atoms with Crippen molar-refractivity contribution in [3.8, 4) is 0 Å². The fourth-order valence-electron chi connectivity index (χ4n) is 1.41. The average molecular weight is 186 g/mol. The van der Waals surface area contributed by atoms with E-state index in [1.165, 1.54) is 0 Å². The number of aliphatic hydroxyl groups is 1. The zero-order valence-corrected chi connectivity index (χ0v) is 8.12. The van der Waals surface area contributed by atoms with Crippen LogP contribution in [0.5, 0.6) is 0 Å². The van der Waals surface area contributed by atoms with E-state index in [1.54, 1.807) is 4.90 Å². The lowest BCUT2D eigenvalue weighted by atomic mass is 10.3. The zero-order chi connectivity index (χ0) is 9.68. The fourth-order valence-corrected chi connectivity index (χ4v) is 1.41. The van der Waals surface area contributed by atoms with Crippen molar-refractivity contribution in [2.45, 2.75) is 32.3 Å². The summed E-state index contributed by atoms with van der Waals surface area (Å²) in [5.41, 5.74) is 0. The predicted octanol–water partition coefficient (Wildman–Crippen LogP) is 0.563. The summed E-state index contributed by atoms with van der Waals surface area (Å²) in [6, 6.07) is -0.0370. The molecule has 0 aromatic rings. The van der Waals surface area contributed by atoms with Crippen molar-refractivity contribution in [1.29, 1.82) is 0 Å². The van der Waals surface area contributed by atoms with Gasteiger partial charge in [-0.1, -0.05) is 13.3 Å². The Hall–Kier alpha value is -0.770. The van der Waals surface area contributed by atoms with Gasteiger partial charge in [0.1, 0.15) is 0 Å². The van der Waals surface area contributed by atoms with Gasteiger partial charge < -0.3 is 15.3 Å². The minimum absolute atomic E-state index is 0.0370. The molecule has 76 valence electrons. The molecular weight excluding hydrogens is 168 g/mol. The Bertz CT molecular complexity index is 173. The summed E-state index contributed by atoms with van der Waals surface area (Å²) in [7, 11) is 0. The Kier molecular flexibility index (Phi) is 4.02. The van der Waals surface area contributed by atoms with E-state index in [4.69, 9.17) is 0 Å². The molecule has 1 aliphatic heterocycles. The van der Waals surface area contributed by atoms with Crippen LogP contribution in [0.2, 0.25) is 0 Å². The number of urea groups is 1. The van der Waals surface area contributed by atoms with E-state index in [0.717, 1.165) is 19.4 Å². The molecule has 1 rings (SSSR count). The topological polar surface area (TPSA) is 52.6 Å². The van der Waals surface area contributed by atoms with E-state index in [1.807, 2.05) is 0 Å². The first-order valence-electron chi connectivity index (χ1n) is 4.95. The van der Waals surface area contributed by atoms with Crippen LogP contribution in [0.25, 0.3) is 0 Å². The van der Waals surface area contributed by atoms with Gasteiger partial charge in [0, 0.05) is 19.6 Å². The number of β-amino-alcohol motifs (C(OH)–C–C–N with tert-alkyl or cyclic N) is 1. The summed E-state index contributed by atoms with van der Waals surface area (Å²) < 4.78 is 0. The van der Waals surface area contributed by atoms with Gasteiger partial charge in [0.15, 0.2) is 0 Å². The van der Waals surface area contributed by atoms with Crippen LogP contribution >= 0.6 is 0 Å². The highest BCUT2D eigenvalue weighted by Gasteiger charge is 2.23. The van der Waals surface area contributed by atoms with E-state index in [-0.39, 0.29) is 12.1 Å². The number of hydrogen-bond donors (Lipinski definition) is 2. The molecule has 0 saturated carbocycles. The molecule has 0 radical (unpaired) electrons. The van der Waals surface area contributed by atoms with Crippen LogP contribution in [-0.4, -0.2) is 41.8 Å². The standard InChI is InChI=1S/C9H18N2O2/c1-2-3-5-10-9(13)11-6-4-8(12)7-11/h8,12H,2-7H2,1H3,(H,10,13)/t8-/m1/s1. The monoisotopic (exact) mass is 186 g/mol. The molecule has 1 heterocycles. The molecule has 0 spiro atoms. The van der Waals surface area contributed by atoms with Gasteiger partial charge in [-0.3, -0.25) is 0 Å². The van der Waals surface area contributed by atoms with Crippen molar-refractivity contribution in [2.75, 3.05) is 19.6 Å². The molecule has 1 atom stereocenters. The number of aliphatic hydroxyl groups excluding tert-OH is 1. The third kappa shape index (κ3) is 3.22. The number of carbonyl (C=O) groups excluding carboxylic acids is 1. The van der Waals surface area contributed by atoms with Gasteiger partial charge in [0.25, 0.3) is 0 Å². The highest BCUT2D eigenvalue weighted by atomic mass is 16.3. The van der Waals surface area contributed by atoms with Crippen LogP contribution < -0.4 is 5.32 Å². The van der Waals surface area contributed by atoms with Gasteiger partial charge in [-0.05, 0) is 12.8 Å². The molecule has 0 aromatic heterocycles. The number of nitrogens with zero attached hydrogens (tertiary/aromatic N) is 1. The van der Waals surface area contributed by atoms with E-state index in [9.17, 15) is 9.90 Å². The first-order valence-corrected chi connectivity index (χ1v) is 4.95. The second kappa shape index (κ2) is 5.07. The SMILES string of the molecule is CCCCNC(=O)N1CC[C@@H](O)C1. The number of nitrogens with one attached hydrogen (secondary N) is 1. The predicted molar refractivity (Wildman–Crippen MR) is 50.5 cm³/mol. The van der Waals surface area contributed by atoms with E-state index in [2.05, 4.69) is 12.2 Å². The Labute approximate surface area is 78.9 Å². The number of likely N-dealkylation sites (tertiary alicyclic amines) is 1. The zero-order valence-electron chi connectivity index (χ0n) is 8.12. The normalized spacial score (nSPS) is 22.0. The van der Waals surface area contributed by atoms with Crippen LogP contribution in [0.15, 0.2) is 0 Å². The van der Waals surface area contributed by atoms with Crippen molar-refractivity contribution in [3.63, 3.8) is 0 Å². The van der Waals surface area contributed by atoms with E-state index >= 15 is 0 Å². The third-order valence-electron chi connectivity index (χ3n) is 2.26. The Morgan fingerprint density at radius 2 is 2.46 bits per heavy atom. The number of rotatable bonds is 3. The van der Waals surface area contributed by atoms with Gasteiger partial charge in [0.2, 0.25) is 0 Å². The van der Waals surface area contributed by atoms with Crippen molar-refractivity contribution in [1.82, 2.24) is 10.2 Å². The number of hydrogen-bond acceptors (Lipinski definition) is 2. The molecular formula is C9H18N2O2. The van der Waals surface area contributed by atoms with E-state index < -0.39 is 0 Å². The minimum atomic E-state index is -0.322. The highest BCUT2D eigenvalue weighted by molar-refractivity contribution is 5.74. The quantitative estimate of drug-likeness (QED) is 0.633. The summed E-state index contributed by atoms with van der Waals surface area (Å²) >= 11 is 0. The maximum Gasteiger partial charge on any atom is 0.317 e. The summed E-state index contributed by atoms with van der Waals surface area (Å²) in [5, 5.41) is 12.0. The average Bonchev–Trinajstić information content (AvgIpc) is 2.52. The molecule has 13 heavy (non-hydrogen) atoms. The van der Waals surface area contributed by atoms with Crippen LogP contribution in [0.3, 0.4) is 0 Å². The molecule has 2 amide bonds.